The number of rotatable bonds is 6. The van der Waals surface area contributed by atoms with E-state index in [-0.39, 0.29) is 11.2 Å². The van der Waals surface area contributed by atoms with Crippen LogP contribution in [-0.4, -0.2) is 17.6 Å². The topological polar surface area (TPSA) is 49.3 Å². The highest BCUT2D eigenvalue weighted by molar-refractivity contribution is 5.81. The predicted molar refractivity (Wildman–Crippen MR) is 75.6 cm³/mol. The fourth-order valence-electron chi connectivity index (χ4n) is 2.89. The summed E-state index contributed by atoms with van der Waals surface area (Å²) in [5.74, 6) is -0.781. The maximum atomic E-state index is 12.8. The van der Waals surface area contributed by atoms with E-state index in [2.05, 4.69) is 12.2 Å². The fourth-order valence-corrected chi connectivity index (χ4v) is 2.89. The molecule has 1 saturated carbocycles. The highest BCUT2D eigenvalue weighted by Crippen LogP contribution is 2.44. The Balaban J connectivity index is 1.89. The van der Waals surface area contributed by atoms with E-state index in [0.29, 0.717) is 12.1 Å². The number of aliphatic hydroxyl groups excluding tert-OH is 1. The molecule has 0 aliphatic heterocycles. The quantitative estimate of drug-likeness (QED) is 0.841. The van der Waals surface area contributed by atoms with Gasteiger partial charge in [-0.25, -0.2) is 4.39 Å². The van der Waals surface area contributed by atoms with E-state index in [1.165, 1.54) is 30.7 Å². The van der Waals surface area contributed by atoms with Gasteiger partial charge >= 0.3 is 0 Å². The van der Waals surface area contributed by atoms with E-state index >= 15 is 0 Å². The number of hydrogen-bond acceptors (Lipinski definition) is 2. The van der Waals surface area contributed by atoms with E-state index in [9.17, 15) is 14.3 Å². The maximum Gasteiger partial charge on any atom is 0.253 e. The van der Waals surface area contributed by atoms with Gasteiger partial charge in [-0.15, -0.1) is 0 Å². The van der Waals surface area contributed by atoms with Crippen LogP contribution in [0.2, 0.25) is 0 Å². The third-order valence-electron chi connectivity index (χ3n) is 4.27. The number of halogens is 1. The molecule has 0 aromatic heterocycles. The van der Waals surface area contributed by atoms with E-state index in [0.717, 1.165) is 25.7 Å². The summed E-state index contributed by atoms with van der Waals surface area (Å²) >= 11 is 0. The first-order chi connectivity index (χ1) is 9.56. The Morgan fingerprint density at radius 3 is 2.55 bits per heavy atom. The SMILES string of the molecule is CCCC1(CNC(=O)[C@H](O)c2ccc(F)cc2)CCC1. The van der Waals surface area contributed by atoms with Crippen molar-refractivity contribution >= 4 is 5.91 Å². The molecule has 1 fully saturated rings. The summed E-state index contributed by atoms with van der Waals surface area (Å²) in [6.45, 7) is 2.77. The van der Waals surface area contributed by atoms with Crippen LogP contribution < -0.4 is 5.32 Å². The van der Waals surface area contributed by atoms with Crippen LogP contribution in [0.4, 0.5) is 4.39 Å². The smallest absolute Gasteiger partial charge is 0.253 e. The monoisotopic (exact) mass is 279 g/mol. The summed E-state index contributed by atoms with van der Waals surface area (Å²) in [6.07, 6.45) is 4.50. The van der Waals surface area contributed by atoms with Crippen molar-refractivity contribution in [2.45, 2.75) is 45.1 Å². The summed E-state index contributed by atoms with van der Waals surface area (Å²) in [5, 5.41) is 12.8. The molecular weight excluding hydrogens is 257 g/mol. The first kappa shape index (κ1) is 15.0. The lowest BCUT2D eigenvalue weighted by Gasteiger charge is -2.42. The molecule has 0 saturated heterocycles. The number of amides is 1. The fraction of sp³-hybridized carbons (Fsp3) is 0.562. The lowest BCUT2D eigenvalue weighted by atomic mass is 9.66. The van der Waals surface area contributed by atoms with Gasteiger partial charge in [0.25, 0.3) is 5.91 Å². The second-order valence-corrected chi connectivity index (χ2v) is 5.78. The van der Waals surface area contributed by atoms with Gasteiger partial charge < -0.3 is 10.4 Å². The minimum absolute atomic E-state index is 0.229. The van der Waals surface area contributed by atoms with Crippen molar-refractivity contribution in [3.8, 4) is 0 Å². The van der Waals surface area contributed by atoms with Crippen molar-refractivity contribution in [2.24, 2.45) is 5.41 Å². The van der Waals surface area contributed by atoms with Crippen molar-refractivity contribution in [1.82, 2.24) is 5.32 Å². The molecule has 0 heterocycles. The molecule has 1 aromatic rings. The van der Waals surface area contributed by atoms with Crippen LogP contribution in [-0.2, 0) is 4.79 Å². The Bertz CT molecular complexity index is 454. The molecule has 2 rings (SSSR count). The average molecular weight is 279 g/mol. The van der Waals surface area contributed by atoms with Gasteiger partial charge in [-0.2, -0.15) is 0 Å². The lowest BCUT2D eigenvalue weighted by Crippen LogP contribution is -2.43. The van der Waals surface area contributed by atoms with Crippen LogP contribution in [0.25, 0.3) is 0 Å². The normalized spacial score (nSPS) is 18.1. The van der Waals surface area contributed by atoms with Crippen molar-refractivity contribution in [2.75, 3.05) is 6.54 Å². The number of carbonyl (C=O) groups is 1. The molecule has 1 aromatic carbocycles. The molecule has 4 heteroatoms. The summed E-state index contributed by atoms with van der Waals surface area (Å²) in [6, 6.07) is 5.36. The molecule has 1 amide bonds. The third-order valence-corrected chi connectivity index (χ3v) is 4.27. The van der Waals surface area contributed by atoms with Gasteiger partial charge in [0, 0.05) is 6.54 Å². The first-order valence-electron chi connectivity index (χ1n) is 7.27. The molecule has 1 atom stereocenters. The second kappa shape index (κ2) is 6.35. The summed E-state index contributed by atoms with van der Waals surface area (Å²) < 4.78 is 12.8. The molecular formula is C16H22FNO2. The molecule has 0 spiro atoms. The zero-order valence-electron chi connectivity index (χ0n) is 11.9. The Kier molecular flexibility index (Phi) is 4.76. The Morgan fingerprint density at radius 2 is 2.05 bits per heavy atom. The summed E-state index contributed by atoms with van der Waals surface area (Å²) in [7, 11) is 0. The summed E-state index contributed by atoms with van der Waals surface area (Å²) in [5.41, 5.74) is 0.648. The van der Waals surface area contributed by atoms with E-state index in [1.807, 2.05) is 0 Å². The lowest BCUT2D eigenvalue weighted by molar-refractivity contribution is -0.130. The van der Waals surface area contributed by atoms with Crippen molar-refractivity contribution in [3.63, 3.8) is 0 Å². The first-order valence-corrected chi connectivity index (χ1v) is 7.27. The third kappa shape index (κ3) is 3.37. The van der Waals surface area contributed by atoms with Gasteiger partial charge in [0.1, 0.15) is 5.82 Å². The van der Waals surface area contributed by atoms with Crippen LogP contribution in [0, 0.1) is 11.2 Å². The number of carbonyl (C=O) groups excluding carboxylic acids is 1. The van der Waals surface area contributed by atoms with Crippen LogP contribution >= 0.6 is 0 Å². The molecule has 20 heavy (non-hydrogen) atoms. The number of aliphatic hydroxyl groups is 1. The Labute approximate surface area is 119 Å². The Morgan fingerprint density at radius 1 is 1.40 bits per heavy atom. The van der Waals surface area contributed by atoms with Crippen LogP contribution in [0.5, 0.6) is 0 Å². The number of nitrogens with one attached hydrogen (secondary N) is 1. The van der Waals surface area contributed by atoms with Gasteiger partial charge in [0.15, 0.2) is 6.10 Å². The number of hydrogen-bond donors (Lipinski definition) is 2. The zero-order valence-corrected chi connectivity index (χ0v) is 11.9. The van der Waals surface area contributed by atoms with Gasteiger partial charge in [-0.3, -0.25) is 4.79 Å². The molecule has 0 radical (unpaired) electrons. The largest absolute Gasteiger partial charge is 0.378 e. The highest BCUT2D eigenvalue weighted by Gasteiger charge is 2.36. The molecule has 2 N–H and O–H groups in total. The van der Waals surface area contributed by atoms with Crippen molar-refractivity contribution in [3.05, 3.63) is 35.6 Å². The van der Waals surface area contributed by atoms with Crippen LogP contribution in [0.3, 0.4) is 0 Å². The molecule has 110 valence electrons. The minimum atomic E-state index is -1.23. The molecule has 1 aliphatic rings. The van der Waals surface area contributed by atoms with E-state index in [1.54, 1.807) is 0 Å². The molecule has 0 bridgehead atoms. The van der Waals surface area contributed by atoms with Gasteiger partial charge in [-0.1, -0.05) is 31.9 Å². The zero-order chi connectivity index (χ0) is 14.6. The Hall–Kier alpha value is -1.42. The van der Waals surface area contributed by atoms with E-state index in [4.69, 9.17) is 0 Å². The number of benzene rings is 1. The maximum absolute atomic E-state index is 12.8. The average Bonchev–Trinajstić information content (AvgIpc) is 2.41. The van der Waals surface area contributed by atoms with Gasteiger partial charge in [0.05, 0.1) is 0 Å². The predicted octanol–water partition coefficient (Wildman–Crippen LogP) is 2.95. The van der Waals surface area contributed by atoms with Gasteiger partial charge in [-0.05, 0) is 42.4 Å². The second-order valence-electron chi connectivity index (χ2n) is 5.78. The van der Waals surface area contributed by atoms with Crippen molar-refractivity contribution < 1.29 is 14.3 Å². The molecule has 1 aliphatic carbocycles. The van der Waals surface area contributed by atoms with E-state index < -0.39 is 12.0 Å². The highest BCUT2D eigenvalue weighted by atomic mass is 19.1. The van der Waals surface area contributed by atoms with Crippen molar-refractivity contribution in [1.29, 1.82) is 0 Å². The molecule has 0 unspecified atom stereocenters. The van der Waals surface area contributed by atoms with Crippen LogP contribution in [0.15, 0.2) is 24.3 Å². The standard InChI is InChI=1S/C16H22FNO2/c1-2-8-16(9-3-10-16)11-18-15(20)14(19)12-4-6-13(17)7-5-12/h4-7,14,19H,2-3,8-11H2,1H3,(H,18,20)/t14-/m1/s1. The van der Waals surface area contributed by atoms with Gasteiger partial charge in [0.2, 0.25) is 0 Å². The van der Waals surface area contributed by atoms with Crippen LogP contribution in [0.1, 0.15) is 50.7 Å². The summed E-state index contributed by atoms with van der Waals surface area (Å²) in [4.78, 5) is 12.0. The minimum Gasteiger partial charge on any atom is -0.378 e. The molecule has 3 nitrogen and oxygen atoms in total.